The van der Waals surface area contributed by atoms with Gasteiger partial charge in [-0.05, 0) is 43.4 Å². The molecule has 0 aliphatic rings. The molecule has 0 aliphatic carbocycles. The van der Waals surface area contributed by atoms with Gasteiger partial charge in [0.05, 0.1) is 10.6 Å². The van der Waals surface area contributed by atoms with Crippen molar-refractivity contribution in [3.05, 3.63) is 29.8 Å². The van der Waals surface area contributed by atoms with Crippen LogP contribution in [0, 0.1) is 0 Å². The first-order valence-corrected chi connectivity index (χ1v) is 8.30. The summed E-state index contributed by atoms with van der Waals surface area (Å²) in [6, 6.07) is 7.09. The lowest BCUT2D eigenvalue weighted by atomic mass is 10.0. The van der Waals surface area contributed by atoms with Gasteiger partial charge in [-0.3, -0.25) is 0 Å². The summed E-state index contributed by atoms with van der Waals surface area (Å²) in [4.78, 5) is 11.2. The van der Waals surface area contributed by atoms with Crippen LogP contribution in [0.25, 0.3) is 0 Å². The van der Waals surface area contributed by atoms with Crippen LogP contribution < -0.4 is 0 Å². The molecule has 0 aliphatic heterocycles. The van der Waals surface area contributed by atoms with E-state index in [1.54, 1.807) is 12.1 Å². The van der Waals surface area contributed by atoms with E-state index in [1.165, 1.54) is 6.92 Å². The SMILES string of the molecule is CC(=O)CCCCS(=O)(=O)c1ccc(C(C)C)cc1. The van der Waals surface area contributed by atoms with Crippen molar-refractivity contribution in [2.45, 2.75) is 50.8 Å². The van der Waals surface area contributed by atoms with E-state index in [-0.39, 0.29) is 11.5 Å². The lowest BCUT2D eigenvalue weighted by molar-refractivity contribution is -0.117. The predicted octanol–water partition coefficient (Wildman–Crippen LogP) is 3.34. The molecule has 0 bridgehead atoms. The molecule has 0 N–H and O–H groups in total. The van der Waals surface area contributed by atoms with Gasteiger partial charge in [-0.25, -0.2) is 8.42 Å². The van der Waals surface area contributed by atoms with Crippen LogP contribution in [0.1, 0.15) is 51.5 Å². The molecule has 0 fully saturated rings. The molecule has 0 saturated carbocycles. The number of hydrogen-bond acceptors (Lipinski definition) is 3. The number of hydrogen-bond donors (Lipinski definition) is 0. The molecule has 0 unspecified atom stereocenters. The molecule has 0 amide bonds. The van der Waals surface area contributed by atoms with Crippen LogP contribution in [0.5, 0.6) is 0 Å². The topological polar surface area (TPSA) is 51.2 Å². The first-order chi connectivity index (χ1) is 8.83. The van der Waals surface area contributed by atoms with Gasteiger partial charge in [0.25, 0.3) is 0 Å². The van der Waals surface area contributed by atoms with Gasteiger partial charge in [-0.15, -0.1) is 0 Å². The van der Waals surface area contributed by atoms with Crippen molar-refractivity contribution in [2.24, 2.45) is 0 Å². The summed E-state index contributed by atoms with van der Waals surface area (Å²) in [5.41, 5.74) is 1.13. The maximum absolute atomic E-state index is 12.1. The van der Waals surface area contributed by atoms with Gasteiger partial charge in [0.1, 0.15) is 5.78 Å². The summed E-state index contributed by atoms with van der Waals surface area (Å²) in [7, 11) is -3.21. The second-order valence-corrected chi connectivity index (χ2v) is 7.31. The van der Waals surface area contributed by atoms with Crippen molar-refractivity contribution in [3.63, 3.8) is 0 Å². The zero-order chi connectivity index (χ0) is 14.5. The van der Waals surface area contributed by atoms with Gasteiger partial charge in [0, 0.05) is 6.42 Å². The van der Waals surface area contributed by atoms with E-state index in [4.69, 9.17) is 0 Å². The monoisotopic (exact) mass is 282 g/mol. The molecule has 0 radical (unpaired) electrons. The Morgan fingerprint density at radius 3 is 2.16 bits per heavy atom. The molecule has 1 aromatic rings. The first-order valence-electron chi connectivity index (χ1n) is 6.65. The summed E-state index contributed by atoms with van der Waals surface area (Å²) in [6.07, 6.45) is 1.63. The van der Waals surface area contributed by atoms with Crippen molar-refractivity contribution in [1.82, 2.24) is 0 Å². The predicted molar refractivity (Wildman–Crippen MR) is 77.1 cm³/mol. The largest absolute Gasteiger partial charge is 0.300 e. The second kappa shape index (κ2) is 6.85. The van der Waals surface area contributed by atoms with E-state index in [0.29, 0.717) is 30.1 Å². The average Bonchev–Trinajstić information content (AvgIpc) is 2.34. The molecule has 4 heteroatoms. The van der Waals surface area contributed by atoms with Crippen molar-refractivity contribution in [1.29, 1.82) is 0 Å². The van der Waals surface area contributed by atoms with Crippen molar-refractivity contribution < 1.29 is 13.2 Å². The van der Waals surface area contributed by atoms with Crippen LogP contribution in [-0.4, -0.2) is 20.0 Å². The Bertz CT molecular complexity index is 513. The van der Waals surface area contributed by atoms with Crippen LogP contribution >= 0.6 is 0 Å². The smallest absolute Gasteiger partial charge is 0.178 e. The number of sulfone groups is 1. The van der Waals surface area contributed by atoms with Gasteiger partial charge >= 0.3 is 0 Å². The molecule has 1 aromatic carbocycles. The summed E-state index contributed by atoms with van der Waals surface area (Å²) in [5, 5.41) is 0. The van der Waals surface area contributed by atoms with E-state index in [2.05, 4.69) is 13.8 Å². The molecule has 0 spiro atoms. The Morgan fingerprint density at radius 1 is 1.11 bits per heavy atom. The third kappa shape index (κ3) is 5.15. The molecule has 0 atom stereocenters. The van der Waals surface area contributed by atoms with Crippen LogP contribution in [0.15, 0.2) is 29.2 Å². The average molecular weight is 282 g/mol. The molecule has 106 valence electrons. The van der Waals surface area contributed by atoms with Gasteiger partial charge < -0.3 is 4.79 Å². The summed E-state index contributed by atoms with van der Waals surface area (Å²) in [5.74, 6) is 0.618. The molecule has 1 rings (SSSR count). The molecule has 0 aromatic heterocycles. The summed E-state index contributed by atoms with van der Waals surface area (Å²) < 4.78 is 24.1. The molecule has 0 saturated heterocycles. The zero-order valence-electron chi connectivity index (χ0n) is 11.8. The van der Waals surface area contributed by atoms with E-state index in [0.717, 1.165) is 5.56 Å². The summed E-state index contributed by atoms with van der Waals surface area (Å²) >= 11 is 0. The number of benzene rings is 1. The number of carbonyl (C=O) groups is 1. The van der Waals surface area contributed by atoms with Gasteiger partial charge in [0.2, 0.25) is 0 Å². The van der Waals surface area contributed by atoms with Crippen LogP contribution in [0.4, 0.5) is 0 Å². The number of carbonyl (C=O) groups excluding carboxylic acids is 1. The Morgan fingerprint density at radius 2 is 1.68 bits per heavy atom. The number of ketones is 1. The summed E-state index contributed by atoms with van der Waals surface area (Å²) in [6.45, 7) is 5.68. The van der Waals surface area contributed by atoms with Gasteiger partial charge in [-0.2, -0.15) is 0 Å². The third-order valence-corrected chi connectivity index (χ3v) is 4.91. The Hall–Kier alpha value is -1.16. The van der Waals surface area contributed by atoms with E-state index < -0.39 is 9.84 Å². The fourth-order valence-corrected chi connectivity index (χ4v) is 3.21. The maximum Gasteiger partial charge on any atom is 0.178 e. The molecule has 19 heavy (non-hydrogen) atoms. The highest BCUT2D eigenvalue weighted by atomic mass is 32.2. The highest BCUT2D eigenvalue weighted by molar-refractivity contribution is 7.91. The molecule has 0 heterocycles. The van der Waals surface area contributed by atoms with Crippen LogP contribution in [-0.2, 0) is 14.6 Å². The first kappa shape index (κ1) is 15.9. The minimum Gasteiger partial charge on any atom is -0.300 e. The molecular weight excluding hydrogens is 260 g/mol. The van der Waals surface area contributed by atoms with Gasteiger partial charge in [-0.1, -0.05) is 26.0 Å². The number of rotatable bonds is 7. The Labute approximate surface area is 116 Å². The minimum absolute atomic E-state index is 0.110. The third-order valence-electron chi connectivity index (χ3n) is 3.10. The quantitative estimate of drug-likeness (QED) is 0.721. The highest BCUT2D eigenvalue weighted by Crippen LogP contribution is 2.19. The lowest BCUT2D eigenvalue weighted by Gasteiger charge is -2.08. The second-order valence-electron chi connectivity index (χ2n) is 5.20. The van der Waals surface area contributed by atoms with Crippen molar-refractivity contribution >= 4 is 15.6 Å². The Balaban J connectivity index is 2.64. The van der Waals surface area contributed by atoms with Crippen LogP contribution in [0.2, 0.25) is 0 Å². The van der Waals surface area contributed by atoms with Crippen LogP contribution in [0.3, 0.4) is 0 Å². The van der Waals surface area contributed by atoms with E-state index in [9.17, 15) is 13.2 Å². The van der Waals surface area contributed by atoms with E-state index in [1.807, 2.05) is 12.1 Å². The fourth-order valence-electron chi connectivity index (χ4n) is 1.84. The standard InChI is InChI=1S/C15H22O3S/c1-12(2)14-7-9-15(10-8-14)19(17,18)11-5-4-6-13(3)16/h7-10,12H,4-6,11H2,1-3H3. The maximum atomic E-state index is 12.1. The number of Topliss-reactive ketones (excluding diaryl/α,β-unsaturated/α-hetero) is 1. The lowest BCUT2D eigenvalue weighted by Crippen LogP contribution is -2.07. The van der Waals surface area contributed by atoms with Crippen molar-refractivity contribution in [2.75, 3.05) is 5.75 Å². The van der Waals surface area contributed by atoms with Gasteiger partial charge in [0.15, 0.2) is 9.84 Å². The zero-order valence-corrected chi connectivity index (χ0v) is 12.7. The number of unbranched alkanes of at least 4 members (excludes halogenated alkanes) is 1. The normalized spacial score (nSPS) is 11.8. The fraction of sp³-hybridized carbons (Fsp3) is 0.533. The minimum atomic E-state index is -3.21. The van der Waals surface area contributed by atoms with E-state index >= 15 is 0 Å². The van der Waals surface area contributed by atoms with Crippen molar-refractivity contribution in [3.8, 4) is 0 Å². The Kier molecular flexibility index (Phi) is 5.73. The highest BCUT2D eigenvalue weighted by Gasteiger charge is 2.14. The molecule has 3 nitrogen and oxygen atoms in total. The molecular formula is C15H22O3S.